The third-order valence-corrected chi connectivity index (χ3v) is 5.30. The van der Waals surface area contributed by atoms with Gasteiger partial charge in [-0.3, -0.25) is 4.79 Å². The number of rotatable bonds is 6. The van der Waals surface area contributed by atoms with E-state index in [0.717, 1.165) is 0 Å². The SMILES string of the molecule is C=CCNC(=O)c1cnc(N(CC)C2CCS(=O)(=O)C2)nc1. The summed E-state index contributed by atoms with van der Waals surface area (Å²) in [4.78, 5) is 22.0. The van der Waals surface area contributed by atoms with Crippen molar-refractivity contribution in [2.75, 3.05) is 29.5 Å². The van der Waals surface area contributed by atoms with Crippen LogP contribution in [0.2, 0.25) is 0 Å². The van der Waals surface area contributed by atoms with E-state index in [1.165, 1.54) is 12.4 Å². The lowest BCUT2D eigenvalue weighted by Gasteiger charge is -2.26. The fourth-order valence-electron chi connectivity index (χ4n) is 2.44. The van der Waals surface area contributed by atoms with Crippen molar-refractivity contribution in [2.45, 2.75) is 19.4 Å². The number of nitrogens with zero attached hydrogens (tertiary/aromatic N) is 3. The van der Waals surface area contributed by atoms with Crippen LogP contribution >= 0.6 is 0 Å². The Bertz CT molecular complexity index is 643. The van der Waals surface area contributed by atoms with Gasteiger partial charge in [-0.15, -0.1) is 6.58 Å². The Kier molecular flexibility index (Phi) is 5.12. The fourth-order valence-corrected chi connectivity index (χ4v) is 4.17. The second-order valence-electron chi connectivity index (χ2n) is 5.11. The number of sulfone groups is 1. The van der Waals surface area contributed by atoms with Gasteiger partial charge >= 0.3 is 0 Å². The summed E-state index contributed by atoms with van der Waals surface area (Å²) in [5, 5.41) is 2.65. The smallest absolute Gasteiger partial charge is 0.254 e. The Morgan fingerprint density at radius 2 is 2.18 bits per heavy atom. The average molecular weight is 324 g/mol. The summed E-state index contributed by atoms with van der Waals surface area (Å²) >= 11 is 0. The summed E-state index contributed by atoms with van der Waals surface area (Å²) in [6.07, 6.45) is 5.08. The van der Waals surface area contributed by atoms with Crippen LogP contribution in [-0.2, 0) is 9.84 Å². The number of hydrogen-bond donors (Lipinski definition) is 1. The molecule has 7 nitrogen and oxygen atoms in total. The minimum atomic E-state index is -2.96. The molecule has 22 heavy (non-hydrogen) atoms. The second-order valence-corrected chi connectivity index (χ2v) is 7.34. The van der Waals surface area contributed by atoms with Gasteiger partial charge in [0.2, 0.25) is 5.95 Å². The molecule has 2 rings (SSSR count). The van der Waals surface area contributed by atoms with E-state index in [1.807, 2.05) is 11.8 Å². The highest BCUT2D eigenvalue weighted by Crippen LogP contribution is 2.21. The van der Waals surface area contributed by atoms with Crippen LogP contribution in [0, 0.1) is 0 Å². The predicted molar refractivity (Wildman–Crippen MR) is 84.6 cm³/mol. The Morgan fingerprint density at radius 1 is 1.50 bits per heavy atom. The maximum atomic E-state index is 11.8. The van der Waals surface area contributed by atoms with E-state index >= 15 is 0 Å². The van der Waals surface area contributed by atoms with Crippen molar-refractivity contribution in [1.82, 2.24) is 15.3 Å². The summed E-state index contributed by atoms with van der Waals surface area (Å²) < 4.78 is 23.2. The molecule has 1 N–H and O–H groups in total. The third-order valence-electron chi connectivity index (χ3n) is 3.55. The van der Waals surface area contributed by atoms with Crippen molar-refractivity contribution in [3.63, 3.8) is 0 Å². The summed E-state index contributed by atoms with van der Waals surface area (Å²) in [5.41, 5.74) is 0.362. The molecule has 1 fully saturated rings. The first kappa shape index (κ1) is 16.4. The molecule has 0 bridgehead atoms. The largest absolute Gasteiger partial charge is 0.348 e. The number of nitrogens with one attached hydrogen (secondary N) is 1. The predicted octanol–water partition coefficient (Wildman–Crippen LogP) is 0.406. The summed E-state index contributed by atoms with van der Waals surface area (Å²) in [6.45, 7) is 6.45. The number of carbonyl (C=O) groups is 1. The standard InChI is InChI=1S/C14H20N4O3S/c1-3-6-15-13(19)11-8-16-14(17-9-11)18(4-2)12-5-7-22(20,21)10-12/h3,8-9,12H,1,4-7,10H2,2H3,(H,15,19). The normalized spacial score (nSPS) is 19.6. The molecule has 0 radical (unpaired) electrons. The molecule has 1 aliphatic heterocycles. The highest BCUT2D eigenvalue weighted by atomic mass is 32.2. The molecule has 1 unspecified atom stereocenters. The maximum Gasteiger partial charge on any atom is 0.254 e. The molecule has 0 aliphatic carbocycles. The van der Waals surface area contributed by atoms with Crippen LogP contribution in [0.3, 0.4) is 0 Å². The highest BCUT2D eigenvalue weighted by molar-refractivity contribution is 7.91. The Balaban J connectivity index is 2.11. The zero-order valence-corrected chi connectivity index (χ0v) is 13.3. The lowest BCUT2D eigenvalue weighted by Crippen LogP contribution is -2.37. The molecule has 1 atom stereocenters. The van der Waals surface area contributed by atoms with Crippen molar-refractivity contribution < 1.29 is 13.2 Å². The first-order valence-corrected chi connectivity index (χ1v) is 8.97. The number of carbonyl (C=O) groups excluding carboxylic acids is 1. The van der Waals surface area contributed by atoms with Crippen LogP contribution in [0.5, 0.6) is 0 Å². The summed E-state index contributed by atoms with van der Waals surface area (Å²) in [6, 6.07) is -0.101. The third kappa shape index (κ3) is 3.82. The van der Waals surface area contributed by atoms with Crippen LogP contribution in [0.1, 0.15) is 23.7 Å². The Morgan fingerprint density at radius 3 is 2.68 bits per heavy atom. The molecule has 0 aromatic carbocycles. The first-order valence-electron chi connectivity index (χ1n) is 7.15. The van der Waals surface area contributed by atoms with Gasteiger partial charge in [0, 0.05) is 31.5 Å². The molecule has 120 valence electrons. The molecule has 1 saturated heterocycles. The van der Waals surface area contributed by atoms with Gasteiger partial charge in [0.05, 0.1) is 17.1 Å². The van der Waals surface area contributed by atoms with Crippen molar-refractivity contribution in [2.24, 2.45) is 0 Å². The van der Waals surface area contributed by atoms with Gasteiger partial charge in [-0.2, -0.15) is 0 Å². The van der Waals surface area contributed by atoms with E-state index in [-0.39, 0.29) is 23.5 Å². The maximum absolute atomic E-state index is 11.8. The minimum absolute atomic E-state index is 0.101. The molecular formula is C14H20N4O3S. The van der Waals surface area contributed by atoms with E-state index < -0.39 is 9.84 Å². The van der Waals surface area contributed by atoms with Crippen molar-refractivity contribution in [3.05, 3.63) is 30.6 Å². The Labute approximate surface area is 130 Å². The van der Waals surface area contributed by atoms with E-state index in [4.69, 9.17) is 0 Å². The van der Waals surface area contributed by atoms with Crippen molar-refractivity contribution >= 4 is 21.7 Å². The number of amides is 1. The summed E-state index contributed by atoms with van der Waals surface area (Å²) in [7, 11) is -2.96. The molecule has 1 aromatic rings. The van der Waals surface area contributed by atoms with Crippen molar-refractivity contribution in [3.8, 4) is 0 Å². The second kappa shape index (κ2) is 6.87. The topological polar surface area (TPSA) is 92.3 Å². The molecular weight excluding hydrogens is 304 g/mol. The quantitative estimate of drug-likeness (QED) is 0.762. The van der Waals surface area contributed by atoms with Crippen LogP contribution < -0.4 is 10.2 Å². The average Bonchev–Trinajstić information content (AvgIpc) is 2.86. The Hall–Kier alpha value is -1.96. The van der Waals surface area contributed by atoms with Gasteiger partial charge in [-0.25, -0.2) is 18.4 Å². The molecule has 1 aromatic heterocycles. The van der Waals surface area contributed by atoms with Gasteiger partial charge in [-0.05, 0) is 13.3 Å². The zero-order valence-electron chi connectivity index (χ0n) is 12.5. The lowest BCUT2D eigenvalue weighted by molar-refractivity contribution is 0.0957. The van der Waals surface area contributed by atoms with Gasteiger partial charge in [0.15, 0.2) is 9.84 Å². The van der Waals surface area contributed by atoms with Crippen LogP contribution in [0.4, 0.5) is 5.95 Å². The number of aromatic nitrogens is 2. The number of anilines is 1. The van der Waals surface area contributed by atoms with Crippen LogP contribution in [0.15, 0.2) is 25.0 Å². The molecule has 2 heterocycles. The molecule has 1 aliphatic rings. The van der Waals surface area contributed by atoms with Gasteiger partial charge < -0.3 is 10.2 Å². The minimum Gasteiger partial charge on any atom is -0.348 e. The van der Waals surface area contributed by atoms with E-state index in [0.29, 0.717) is 31.0 Å². The monoisotopic (exact) mass is 324 g/mol. The van der Waals surface area contributed by atoms with Gasteiger partial charge in [0.1, 0.15) is 0 Å². The molecule has 1 amide bonds. The van der Waals surface area contributed by atoms with E-state index in [1.54, 1.807) is 6.08 Å². The van der Waals surface area contributed by atoms with Gasteiger partial charge in [-0.1, -0.05) is 6.08 Å². The van der Waals surface area contributed by atoms with Crippen molar-refractivity contribution in [1.29, 1.82) is 0 Å². The molecule has 0 saturated carbocycles. The van der Waals surface area contributed by atoms with Crippen LogP contribution in [-0.4, -0.2) is 54.9 Å². The fraction of sp³-hybridized carbons (Fsp3) is 0.500. The number of hydrogen-bond acceptors (Lipinski definition) is 6. The zero-order chi connectivity index (χ0) is 16.2. The van der Waals surface area contributed by atoms with Crippen LogP contribution in [0.25, 0.3) is 0 Å². The summed E-state index contributed by atoms with van der Waals surface area (Å²) in [5.74, 6) is 0.518. The van der Waals surface area contributed by atoms with Gasteiger partial charge in [0.25, 0.3) is 5.91 Å². The van der Waals surface area contributed by atoms with E-state index in [2.05, 4.69) is 21.9 Å². The highest BCUT2D eigenvalue weighted by Gasteiger charge is 2.32. The lowest BCUT2D eigenvalue weighted by atomic mass is 10.2. The molecule has 8 heteroatoms. The first-order chi connectivity index (χ1) is 10.5. The van der Waals surface area contributed by atoms with E-state index in [9.17, 15) is 13.2 Å². The molecule has 0 spiro atoms.